The van der Waals surface area contributed by atoms with Crippen molar-refractivity contribution >= 4 is 11.9 Å². The summed E-state index contributed by atoms with van der Waals surface area (Å²) in [5, 5.41) is 17.8. The smallest absolute Gasteiger partial charge is 0.478 e. The van der Waals surface area contributed by atoms with Crippen molar-refractivity contribution in [2.45, 2.75) is 6.36 Å². The van der Waals surface area contributed by atoms with Gasteiger partial charge < -0.3 is 14.9 Å². The number of ether oxygens (including phenoxy) is 1. The molecule has 0 aliphatic carbocycles. The van der Waals surface area contributed by atoms with E-state index in [1.807, 2.05) is 0 Å². The molecule has 0 aliphatic rings. The topological polar surface area (TPSA) is 83.8 Å². The first-order valence-electron chi connectivity index (χ1n) is 6.14. The van der Waals surface area contributed by atoms with Crippen molar-refractivity contribution in [3.8, 4) is 16.9 Å². The Hall–Kier alpha value is -3.03. The van der Waals surface area contributed by atoms with Gasteiger partial charge in [0.15, 0.2) is 0 Å². The number of alkyl halides is 3. The Morgan fingerprint density at radius 1 is 0.870 bits per heavy atom. The fourth-order valence-corrected chi connectivity index (χ4v) is 1.89. The van der Waals surface area contributed by atoms with Crippen molar-refractivity contribution in [3.05, 3.63) is 53.6 Å². The lowest BCUT2D eigenvalue weighted by atomic mass is 10.0. The van der Waals surface area contributed by atoms with E-state index in [-0.39, 0.29) is 22.3 Å². The van der Waals surface area contributed by atoms with Crippen molar-refractivity contribution in [1.29, 1.82) is 0 Å². The van der Waals surface area contributed by atoms with Crippen LogP contribution in [0.1, 0.15) is 20.7 Å². The predicted molar refractivity (Wildman–Crippen MR) is 72.5 cm³/mol. The Labute approximate surface area is 127 Å². The van der Waals surface area contributed by atoms with Crippen molar-refractivity contribution in [3.63, 3.8) is 0 Å². The Balaban J connectivity index is 2.54. The lowest BCUT2D eigenvalue weighted by Crippen LogP contribution is -2.17. The Morgan fingerprint density at radius 2 is 1.39 bits per heavy atom. The highest BCUT2D eigenvalue weighted by Crippen LogP contribution is 2.34. The maximum absolute atomic E-state index is 12.4. The molecule has 0 bridgehead atoms. The molecule has 0 atom stereocenters. The molecular formula is C15H9F3O5. The third kappa shape index (κ3) is 4.00. The van der Waals surface area contributed by atoms with Gasteiger partial charge in [-0.1, -0.05) is 12.1 Å². The second kappa shape index (κ2) is 5.99. The monoisotopic (exact) mass is 326 g/mol. The molecule has 0 radical (unpaired) electrons. The number of rotatable bonds is 4. The first kappa shape index (κ1) is 16.3. The molecule has 2 aromatic rings. The number of halogens is 3. The van der Waals surface area contributed by atoms with E-state index in [2.05, 4.69) is 4.74 Å². The number of hydrogen-bond donors (Lipinski definition) is 2. The molecule has 0 unspecified atom stereocenters. The second-order valence-electron chi connectivity index (χ2n) is 4.45. The molecule has 0 saturated carbocycles. The van der Waals surface area contributed by atoms with Crippen LogP contribution >= 0.6 is 0 Å². The molecule has 0 fully saturated rings. The molecule has 0 spiro atoms. The zero-order valence-electron chi connectivity index (χ0n) is 11.3. The summed E-state index contributed by atoms with van der Waals surface area (Å²) >= 11 is 0. The summed E-state index contributed by atoms with van der Waals surface area (Å²) in [5.41, 5.74) is -0.199. The summed E-state index contributed by atoms with van der Waals surface area (Å²) in [6.45, 7) is 0. The van der Waals surface area contributed by atoms with Crippen LogP contribution in [0.3, 0.4) is 0 Å². The number of carboxylic acid groups (broad SMARTS) is 2. The highest BCUT2D eigenvalue weighted by Gasteiger charge is 2.32. The molecule has 0 aromatic heterocycles. The minimum absolute atomic E-state index is 0.0542. The van der Waals surface area contributed by atoms with Gasteiger partial charge in [0, 0.05) is 5.56 Å². The molecule has 120 valence electrons. The summed E-state index contributed by atoms with van der Waals surface area (Å²) in [5.74, 6) is -3.08. The predicted octanol–water partition coefficient (Wildman–Crippen LogP) is 3.65. The molecule has 23 heavy (non-hydrogen) atoms. The van der Waals surface area contributed by atoms with Gasteiger partial charge in [0.1, 0.15) is 5.75 Å². The second-order valence-corrected chi connectivity index (χ2v) is 4.45. The van der Waals surface area contributed by atoms with Crippen molar-refractivity contribution in [2.24, 2.45) is 0 Å². The van der Waals surface area contributed by atoms with Crippen LogP contribution in [0.4, 0.5) is 13.2 Å². The average Bonchev–Trinajstić information content (AvgIpc) is 2.46. The zero-order chi connectivity index (χ0) is 17.2. The van der Waals surface area contributed by atoms with E-state index in [0.29, 0.717) is 0 Å². The highest BCUT2D eigenvalue weighted by atomic mass is 19.4. The fourth-order valence-electron chi connectivity index (χ4n) is 1.89. The van der Waals surface area contributed by atoms with E-state index < -0.39 is 24.1 Å². The number of carboxylic acids is 2. The molecule has 0 aliphatic heterocycles. The molecule has 2 N–H and O–H groups in total. The quantitative estimate of drug-likeness (QED) is 0.896. The Kier molecular flexibility index (Phi) is 4.26. The van der Waals surface area contributed by atoms with Crippen LogP contribution in [0, 0.1) is 0 Å². The lowest BCUT2D eigenvalue weighted by molar-refractivity contribution is -0.274. The summed E-state index contributed by atoms with van der Waals surface area (Å²) in [7, 11) is 0. The molecule has 5 nitrogen and oxygen atoms in total. The van der Waals surface area contributed by atoms with E-state index in [1.165, 1.54) is 24.3 Å². The highest BCUT2D eigenvalue weighted by molar-refractivity contribution is 5.91. The van der Waals surface area contributed by atoms with Gasteiger partial charge in [-0.2, -0.15) is 0 Å². The third-order valence-electron chi connectivity index (χ3n) is 2.90. The van der Waals surface area contributed by atoms with E-state index in [9.17, 15) is 22.8 Å². The van der Waals surface area contributed by atoms with Gasteiger partial charge in [0.2, 0.25) is 0 Å². The van der Waals surface area contributed by atoms with Crippen LogP contribution < -0.4 is 4.74 Å². The van der Waals surface area contributed by atoms with Crippen LogP contribution in [0.2, 0.25) is 0 Å². The molecule has 0 heterocycles. The van der Waals surface area contributed by atoms with E-state index in [1.54, 1.807) is 0 Å². The zero-order valence-corrected chi connectivity index (χ0v) is 11.3. The summed E-state index contributed by atoms with van der Waals surface area (Å²) in [4.78, 5) is 21.8. The number of carbonyl (C=O) groups is 2. The van der Waals surface area contributed by atoms with Crippen LogP contribution in [0.25, 0.3) is 11.1 Å². The molecule has 0 amide bonds. The summed E-state index contributed by atoms with van der Waals surface area (Å²) in [6.07, 6.45) is -4.94. The van der Waals surface area contributed by atoms with Crippen LogP contribution in [0.5, 0.6) is 5.75 Å². The minimum atomic E-state index is -4.94. The summed E-state index contributed by atoms with van der Waals surface area (Å²) in [6, 6.07) is 7.85. The molecule has 2 aromatic carbocycles. The van der Waals surface area contributed by atoms with Gasteiger partial charge in [-0.05, 0) is 35.9 Å². The van der Waals surface area contributed by atoms with E-state index >= 15 is 0 Å². The van der Waals surface area contributed by atoms with Gasteiger partial charge in [-0.15, -0.1) is 13.2 Å². The first-order valence-corrected chi connectivity index (χ1v) is 6.14. The Bertz CT molecular complexity index is 751. The summed E-state index contributed by atoms with van der Waals surface area (Å²) < 4.78 is 41.2. The largest absolute Gasteiger partial charge is 0.573 e. The van der Waals surface area contributed by atoms with Gasteiger partial charge >= 0.3 is 18.3 Å². The normalized spacial score (nSPS) is 11.1. The van der Waals surface area contributed by atoms with Crippen molar-refractivity contribution < 1.29 is 37.7 Å². The van der Waals surface area contributed by atoms with E-state index in [4.69, 9.17) is 10.2 Å². The molecule has 0 saturated heterocycles. The van der Waals surface area contributed by atoms with Crippen LogP contribution in [-0.4, -0.2) is 28.5 Å². The van der Waals surface area contributed by atoms with Crippen molar-refractivity contribution in [2.75, 3.05) is 0 Å². The maximum atomic E-state index is 12.4. The Morgan fingerprint density at radius 3 is 1.87 bits per heavy atom. The van der Waals surface area contributed by atoms with E-state index in [0.717, 1.165) is 18.2 Å². The standard InChI is InChI=1S/C15H9F3O5/c16-15(17,18)23-12-6-5-10(14(21)22)7-11(12)8-1-3-9(4-2-8)13(19)20/h1-7H,(H,19,20)(H,21,22). The molecular weight excluding hydrogens is 317 g/mol. The van der Waals surface area contributed by atoms with Crippen LogP contribution in [-0.2, 0) is 0 Å². The van der Waals surface area contributed by atoms with Crippen LogP contribution in [0.15, 0.2) is 42.5 Å². The lowest BCUT2D eigenvalue weighted by Gasteiger charge is -2.14. The minimum Gasteiger partial charge on any atom is -0.478 e. The van der Waals surface area contributed by atoms with Gasteiger partial charge in [0.05, 0.1) is 11.1 Å². The maximum Gasteiger partial charge on any atom is 0.573 e. The van der Waals surface area contributed by atoms with Crippen molar-refractivity contribution in [1.82, 2.24) is 0 Å². The molecule has 2 rings (SSSR count). The van der Waals surface area contributed by atoms with Gasteiger partial charge in [-0.25, -0.2) is 9.59 Å². The third-order valence-corrected chi connectivity index (χ3v) is 2.90. The number of hydrogen-bond acceptors (Lipinski definition) is 3. The first-order chi connectivity index (χ1) is 10.7. The van der Waals surface area contributed by atoms with Gasteiger partial charge in [-0.3, -0.25) is 0 Å². The average molecular weight is 326 g/mol. The fraction of sp³-hybridized carbons (Fsp3) is 0.0667. The molecule has 8 heteroatoms. The number of benzene rings is 2. The number of aromatic carboxylic acids is 2. The SMILES string of the molecule is O=C(O)c1ccc(-c2cc(C(=O)O)ccc2OC(F)(F)F)cc1. The van der Waals surface area contributed by atoms with Gasteiger partial charge in [0.25, 0.3) is 0 Å².